The Morgan fingerprint density at radius 1 is 1.11 bits per heavy atom. The van der Waals surface area contributed by atoms with E-state index in [9.17, 15) is 9.59 Å². The molecule has 1 N–H and O–H groups in total. The van der Waals surface area contributed by atoms with Crippen LogP contribution in [0.3, 0.4) is 0 Å². The number of piperidine rings is 1. The standard InChI is InChI=1S/C22H25ClN2O2/c23-20-12-4-10-18(15-20)22(27)25-14-6-11-19(16-25)21(26)24-13-5-9-17-7-2-1-3-8-17/h1-4,7-8,10,12,15,19H,5-6,9,11,13-14,16H2,(H,24,26)/t19-/m0/s1. The predicted molar refractivity (Wildman–Crippen MR) is 108 cm³/mol. The summed E-state index contributed by atoms with van der Waals surface area (Å²) >= 11 is 5.99. The number of nitrogens with zero attached hydrogens (tertiary/aromatic N) is 1. The van der Waals surface area contributed by atoms with Gasteiger partial charge in [-0.1, -0.05) is 48.0 Å². The molecule has 4 nitrogen and oxygen atoms in total. The molecule has 0 aromatic heterocycles. The first-order valence-corrected chi connectivity index (χ1v) is 9.88. The van der Waals surface area contributed by atoms with Crippen LogP contribution in [0.2, 0.25) is 5.02 Å². The van der Waals surface area contributed by atoms with Crippen LogP contribution in [0.5, 0.6) is 0 Å². The van der Waals surface area contributed by atoms with Gasteiger partial charge in [0.05, 0.1) is 5.92 Å². The second kappa shape index (κ2) is 9.56. The number of halogens is 1. The molecule has 2 aromatic carbocycles. The lowest BCUT2D eigenvalue weighted by Gasteiger charge is -2.32. The molecule has 0 spiro atoms. The number of rotatable bonds is 6. The first kappa shape index (κ1) is 19.4. The van der Waals surface area contributed by atoms with Crippen LogP contribution in [0, 0.1) is 5.92 Å². The number of carbonyl (C=O) groups is 2. The molecule has 0 unspecified atom stereocenters. The number of hydrogen-bond donors (Lipinski definition) is 1. The third-order valence-electron chi connectivity index (χ3n) is 4.94. The van der Waals surface area contributed by atoms with Crippen molar-refractivity contribution >= 4 is 23.4 Å². The van der Waals surface area contributed by atoms with Gasteiger partial charge in [0, 0.05) is 30.2 Å². The maximum Gasteiger partial charge on any atom is 0.253 e. The van der Waals surface area contributed by atoms with E-state index in [0.29, 0.717) is 30.2 Å². The highest BCUT2D eigenvalue weighted by Crippen LogP contribution is 2.20. The minimum absolute atomic E-state index is 0.0478. The zero-order valence-corrected chi connectivity index (χ0v) is 16.1. The van der Waals surface area contributed by atoms with E-state index in [-0.39, 0.29) is 17.7 Å². The average Bonchev–Trinajstić information content (AvgIpc) is 2.71. The van der Waals surface area contributed by atoms with Gasteiger partial charge >= 0.3 is 0 Å². The van der Waals surface area contributed by atoms with Gasteiger partial charge in [0.25, 0.3) is 5.91 Å². The Kier molecular flexibility index (Phi) is 6.88. The molecule has 1 aliphatic heterocycles. The van der Waals surface area contributed by atoms with E-state index in [1.165, 1.54) is 5.56 Å². The van der Waals surface area contributed by atoms with Crippen molar-refractivity contribution in [2.75, 3.05) is 19.6 Å². The first-order valence-electron chi connectivity index (χ1n) is 9.50. The number of benzene rings is 2. The Hall–Kier alpha value is -2.33. The Morgan fingerprint density at radius 2 is 1.93 bits per heavy atom. The molecular weight excluding hydrogens is 360 g/mol. The normalized spacial score (nSPS) is 16.8. The molecule has 0 aliphatic carbocycles. The maximum atomic E-state index is 12.7. The first-order chi connectivity index (χ1) is 13.1. The summed E-state index contributed by atoms with van der Waals surface area (Å²) in [5, 5.41) is 3.58. The maximum absolute atomic E-state index is 12.7. The van der Waals surface area contributed by atoms with Crippen LogP contribution in [0.1, 0.15) is 35.2 Å². The van der Waals surface area contributed by atoms with Gasteiger partial charge in [-0.2, -0.15) is 0 Å². The Labute approximate surface area is 165 Å². The van der Waals surface area contributed by atoms with Crippen molar-refractivity contribution in [3.63, 3.8) is 0 Å². The molecule has 3 rings (SSSR count). The fraction of sp³-hybridized carbons (Fsp3) is 0.364. The lowest BCUT2D eigenvalue weighted by atomic mass is 9.96. The van der Waals surface area contributed by atoms with Crippen LogP contribution in [0.4, 0.5) is 0 Å². The van der Waals surface area contributed by atoms with Crippen LogP contribution < -0.4 is 5.32 Å². The van der Waals surface area contributed by atoms with Gasteiger partial charge in [0.1, 0.15) is 0 Å². The third kappa shape index (κ3) is 5.57. The van der Waals surface area contributed by atoms with Crippen molar-refractivity contribution in [2.24, 2.45) is 5.92 Å². The second-order valence-electron chi connectivity index (χ2n) is 6.98. The summed E-state index contributed by atoms with van der Waals surface area (Å²) in [5.41, 5.74) is 1.86. The van der Waals surface area contributed by atoms with E-state index in [1.807, 2.05) is 18.2 Å². The summed E-state index contributed by atoms with van der Waals surface area (Å²) in [7, 11) is 0. The number of aryl methyl sites for hydroxylation is 1. The largest absolute Gasteiger partial charge is 0.356 e. The molecule has 0 saturated carbocycles. The Bertz CT molecular complexity index is 779. The smallest absolute Gasteiger partial charge is 0.253 e. The highest BCUT2D eigenvalue weighted by atomic mass is 35.5. The minimum Gasteiger partial charge on any atom is -0.356 e. The van der Waals surface area contributed by atoms with E-state index in [4.69, 9.17) is 11.6 Å². The van der Waals surface area contributed by atoms with Gasteiger partial charge in [0.2, 0.25) is 5.91 Å². The lowest BCUT2D eigenvalue weighted by molar-refractivity contribution is -0.126. The van der Waals surface area contributed by atoms with Crippen LogP contribution in [0.25, 0.3) is 0 Å². The van der Waals surface area contributed by atoms with E-state index in [1.54, 1.807) is 29.2 Å². The summed E-state index contributed by atoms with van der Waals surface area (Å²) in [6, 6.07) is 17.2. The van der Waals surface area contributed by atoms with E-state index >= 15 is 0 Å². The minimum atomic E-state index is -0.140. The monoisotopic (exact) mass is 384 g/mol. The number of amides is 2. The molecule has 142 valence electrons. The van der Waals surface area contributed by atoms with Crippen molar-refractivity contribution in [2.45, 2.75) is 25.7 Å². The lowest BCUT2D eigenvalue weighted by Crippen LogP contribution is -2.45. The highest BCUT2D eigenvalue weighted by molar-refractivity contribution is 6.30. The van der Waals surface area contributed by atoms with Crippen LogP contribution in [-0.2, 0) is 11.2 Å². The van der Waals surface area contributed by atoms with Gasteiger partial charge in [0.15, 0.2) is 0 Å². The van der Waals surface area contributed by atoms with Crippen LogP contribution in [-0.4, -0.2) is 36.3 Å². The molecule has 0 bridgehead atoms. The van der Waals surface area contributed by atoms with Crippen LogP contribution >= 0.6 is 11.6 Å². The molecule has 5 heteroatoms. The number of likely N-dealkylation sites (tertiary alicyclic amines) is 1. The molecule has 1 saturated heterocycles. The highest BCUT2D eigenvalue weighted by Gasteiger charge is 2.28. The summed E-state index contributed by atoms with van der Waals surface area (Å²) in [6.45, 7) is 1.81. The zero-order chi connectivity index (χ0) is 19.1. The molecule has 1 aliphatic rings. The second-order valence-corrected chi connectivity index (χ2v) is 7.42. The molecule has 2 aromatic rings. The summed E-state index contributed by atoms with van der Waals surface area (Å²) in [6.07, 6.45) is 3.52. The number of nitrogens with one attached hydrogen (secondary N) is 1. The van der Waals surface area contributed by atoms with Crippen molar-refractivity contribution in [1.82, 2.24) is 10.2 Å². The quantitative estimate of drug-likeness (QED) is 0.767. The van der Waals surface area contributed by atoms with Crippen molar-refractivity contribution in [3.05, 3.63) is 70.7 Å². The van der Waals surface area contributed by atoms with E-state index in [0.717, 1.165) is 25.7 Å². The third-order valence-corrected chi connectivity index (χ3v) is 5.17. The van der Waals surface area contributed by atoms with Gasteiger partial charge < -0.3 is 10.2 Å². The SMILES string of the molecule is O=C(NCCCc1ccccc1)[C@H]1CCCN(C(=O)c2cccc(Cl)c2)C1. The Balaban J connectivity index is 1.47. The summed E-state index contributed by atoms with van der Waals surface area (Å²) in [5.74, 6) is -0.149. The molecule has 1 heterocycles. The topological polar surface area (TPSA) is 49.4 Å². The molecule has 0 radical (unpaired) electrons. The van der Waals surface area contributed by atoms with E-state index in [2.05, 4.69) is 17.4 Å². The molecule has 27 heavy (non-hydrogen) atoms. The van der Waals surface area contributed by atoms with E-state index < -0.39 is 0 Å². The molecule has 1 fully saturated rings. The Morgan fingerprint density at radius 3 is 2.70 bits per heavy atom. The fourth-order valence-corrected chi connectivity index (χ4v) is 3.66. The number of carbonyl (C=O) groups excluding carboxylic acids is 2. The summed E-state index contributed by atoms with van der Waals surface area (Å²) in [4.78, 5) is 26.9. The van der Waals surface area contributed by atoms with Gasteiger partial charge in [-0.3, -0.25) is 9.59 Å². The van der Waals surface area contributed by atoms with Crippen molar-refractivity contribution in [3.8, 4) is 0 Å². The fourth-order valence-electron chi connectivity index (χ4n) is 3.47. The molecular formula is C22H25ClN2O2. The van der Waals surface area contributed by atoms with Gasteiger partial charge in [-0.05, 0) is 49.4 Å². The van der Waals surface area contributed by atoms with Crippen molar-refractivity contribution in [1.29, 1.82) is 0 Å². The predicted octanol–water partition coefficient (Wildman–Crippen LogP) is 3.94. The molecule has 1 atom stereocenters. The average molecular weight is 385 g/mol. The van der Waals surface area contributed by atoms with Crippen LogP contribution in [0.15, 0.2) is 54.6 Å². The molecule has 2 amide bonds. The zero-order valence-electron chi connectivity index (χ0n) is 15.4. The summed E-state index contributed by atoms with van der Waals surface area (Å²) < 4.78 is 0. The van der Waals surface area contributed by atoms with Gasteiger partial charge in [-0.25, -0.2) is 0 Å². The number of hydrogen-bond acceptors (Lipinski definition) is 2. The van der Waals surface area contributed by atoms with Gasteiger partial charge in [-0.15, -0.1) is 0 Å². The van der Waals surface area contributed by atoms with Crippen molar-refractivity contribution < 1.29 is 9.59 Å².